The van der Waals surface area contributed by atoms with Gasteiger partial charge in [0.25, 0.3) is 5.91 Å². The summed E-state index contributed by atoms with van der Waals surface area (Å²) in [5, 5.41) is 2.76. The Balaban J connectivity index is 2.61. The molecule has 4 nitrogen and oxygen atoms in total. The first-order chi connectivity index (χ1) is 7.35. The molecule has 0 radical (unpaired) electrons. The first-order valence-corrected chi connectivity index (χ1v) is 10.6. The summed E-state index contributed by atoms with van der Waals surface area (Å²) in [6, 6.07) is -0.505. The maximum Gasteiger partial charge on any atom is 0.324 e. The maximum atomic E-state index is 12.0. The second-order valence-corrected chi connectivity index (χ2v) is 11.7. The van der Waals surface area contributed by atoms with Crippen molar-refractivity contribution in [3.05, 3.63) is 0 Å². The van der Waals surface area contributed by atoms with E-state index in [4.69, 9.17) is 0 Å². The van der Waals surface area contributed by atoms with Gasteiger partial charge in [0.05, 0.1) is 8.07 Å². The molecule has 16 heavy (non-hydrogen) atoms. The van der Waals surface area contributed by atoms with E-state index in [9.17, 15) is 9.59 Å². The van der Waals surface area contributed by atoms with Crippen molar-refractivity contribution in [3.63, 3.8) is 0 Å². The van der Waals surface area contributed by atoms with E-state index >= 15 is 0 Å². The molecule has 1 atom stereocenters. The van der Waals surface area contributed by atoms with Gasteiger partial charge in [-0.05, 0) is 18.4 Å². The van der Waals surface area contributed by atoms with E-state index in [0.29, 0.717) is 6.17 Å². The average molecular weight is 260 g/mol. The number of thioether (sulfide) groups is 1. The monoisotopic (exact) mass is 260 g/mol. The molecule has 6 heteroatoms. The van der Waals surface area contributed by atoms with Crippen LogP contribution in [-0.2, 0) is 4.79 Å². The first kappa shape index (κ1) is 13.6. The molecule has 92 valence electrons. The lowest BCUT2D eigenvalue weighted by atomic mass is 10.2. The fourth-order valence-corrected chi connectivity index (χ4v) is 3.35. The summed E-state index contributed by atoms with van der Waals surface area (Å²) in [7, 11) is -1.43. The number of carbonyl (C=O) groups excluding carboxylic acids is 2. The molecule has 0 aromatic carbocycles. The largest absolute Gasteiger partial charge is 0.326 e. The van der Waals surface area contributed by atoms with Gasteiger partial charge in [0.2, 0.25) is 0 Å². The lowest BCUT2D eigenvalue weighted by molar-refractivity contribution is -0.126. The first-order valence-electron chi connectivity index (χ1n) is 5.46. The van der Waals surface area contributed by atoms with E-state index in [-0.39, 0.29) is 18.0 Å². The van der Waals surface area contributed by atoms with Crippen molar-refractivity contribution in [2.24, 2.45) is 0 Å². The number of imide groups is 1. The summed E-state index contributed by atoms with van der Waals surface area (Å²) in [4.78, 5) is 25.0. The zero-order valence-electron chi connectivity index (χ0n) is 10.4. The molecule has 0 aromatic rings. The lowest BCUT2D eigenvalue weighted by Crippen LogP contribution is -2.44. The quantitative estimate of drug-likeness (QED) is 0.602. The third kappa shape index (κ3) is 3.52. The van der Waals surface area contributed by atoms with Crippen LogP contribution in [0.25, 0.3) is 0 Å². The third-order valence-electron chi connectivity index (χ3n) is 2.35. The van der Waals surface area contributed by atoms with Crippen LogP contribution in [0.5, 0.6) is 0 Å². The van der Waals surface area contributed by atoms with E-state index < -0.39 is 8.07 Å². The maximum absolute atomic E-state index is 12.0. The van der Waals surface area contributed by atoms with Crippen molar-refractivity contribution in [2.75, 3.05) is 18.2 Å². The Hall–Kier alpha value is -0.493. The van der Waals surface area contributed by atoms with E-state index in [1.54, 1.807) is 11.8 Å². The summed E-state index contributed by atoms with van der Waals surface area (Å²) in [5.74, 6) is 0.860. The van der Waals surface area contributed by atoms with Gasteiger partial charge in [-0.2, -0.15) is 11.8 Å². The van der Waals surface area contributed by atoms with Crippen LogP contribution < -0.4 is 5.32 Å². The highest BCUT2D eigenvalue weighted by molar-refractivity contribution is 7.98. The Kier molecular flexibility index (Phi) is 4.43. The molecule has 1 rings (SSSR count). The number of nitrogens with one attached hydrogen (secondary N) is 1. The van der Waals surface area contributed by atoms with Crippen LogP contribution in [0.3, 0.4) is 0 Å². The molecule has 0 aliphatic carbocycles. The smallest absolute Gasteiger partial charge is 0.324 e. The van der Waals surface area contributed by atoms with Crippen LogP contribution in [0.1, 0.15) is 6.42 Å². The lowest BCUT2D eigenvalue weighted by Gasteiger charge is -2.22. The van der Waals surface area contributed by atoms with Gasteiger partial charge in [0.1, 0.15) is 6.04 Å². The Morgan fingerprint density at radius 1 is 1.38 bits per heavy atom. The van der Waals surface area contributed by atoms with Crippen molar-refractivity contribution in [1.29, 1.82) is 0 Å². The van der Waals surface area contributed by atoms with Gasteiger partial charge in [-0.25, -0.2) is 4.79 Å². The SMILES string of the molecule is CSCC[C@@H]1NC(=O)N(C[Si](C)(C)C)C1=O. The Morgan fingerprint density at radius 3 is 2.50 bits per heavy atom. The number of hydrogen-bond acceptors (Lipinski definition) is 3. The van der Waals surface area contributed by atoms with Gasteiger partial charge < -0.3 is 5.32 Å². The van der Waals surface area contributed by atoms with Crippen molar-refractivity contribution < 1.29 is 9.59 Å². The average Bonchev–Trinajstić information content (AvgIpc) is 2.40. The minimum Gasteiger partial charge on any atom is -0.326 e. The van der Waals surface area contributed by atoms with Gasteiger partial charge >= 0.3 is 6.03 Å². The van der Waals surface area contributed by atoms with Crippen LogP contribution in [0, 0.1) is 0 Å². The Labute approximate surface area is 102 Å². The molecule has 1 N–H and O–H groups in total. The van der Waals surface area contributed by atoms with Crippen molar-refractivity contribution in [2.45, 2.75) is 32.1 Å². The standard InChI is InChI=1S/C10H20N2O2SSi/c1-15-6-5-8-9(13)12(10(14)11-8)7-16(2,3)4/h8H,5-7H2,1-4H3,(H,11,14)/t8-/m0/s1. The summed E-state index contributed by atoms with van der Waals surface area (Å²) in [5.41, 5.74) is 0. The molecule has 0 saturated carbocycles. The van der Waals surface area contributed by atoms with Gasteiger partial charge in [-0.3, -0.25) is 9.69 Å². The molecule has 1 aliphatic rings. The van der Waals surface area contributed by atoms with Crippen LogP contribution >= 0.6 is 11.8 Å². The highest BCUT2D eigenvalue weighted by atomic mass is 32.2. The van der Waals surface area contributed by atoms with Crippen LogP contribution in [0.4, 0.5) is 4.79 Å². The summed E-state index contributed by atoms with van der Waals surface area (Å²) >= 11 is 1.69. The molecule has 0 unspecified atom stereocenters. The van der Waals surface area contributed by atoms with Crippen LogP contribution in [0.15, 0.2) is 0 Å². The van der Waals surface area contributed by atoms with E-state index in [1.165, 1.54) is 4.90 Å². The zero-order chi connectivity index (χ0) is 12.3. The minimum absolute atomic E-state index is 0.0403. The fraction of sp³-hybridized carbons (Fsp3) is 0.800. The number of rotatable bonds is 5. The highest BCUT2D eigenvalue weighted by Gasteiger charge is 2.39. The Bertz CT molecular complexity index is 291. The molecule has 0 aromatic heterocycles. The minimum atomic E-state index is -1.43. The second-order valence-electron chi connectivity index (χ2n) is 5.27. The van der Waals surface area contributed by atoms with Gasteiger partial charge in [0, 0.05) is 6.17 Å². The zero-order valence-corrected chi connectivity index (χ0v) is 12.2. The molecule has 0 spiro atoms. The van der Waals surface area contributed by atoms with Crippen molar-refractivity contribution >= 4 is 31.8 Å². The number of nitrogens with zero attached hydrogens (tertiary/aromatic N) is 1. The molecular formula is C10H20N2O2SSi. The van der Waals surface area contributed by atoms with Crippen molar-refractivity contribution in [1.82, 2.24) is 10.2 Å². The number of urea groups is 1. The van der Waals surface area contributed by atoms with Gasteiger partial charge in [-0.1, -0.05) is 19.6 Å². The van der Waals surface area contributed by atoms with Crippen LogP contribution in [-0.4, -0.2) is 49.1 Å². The summed E-state index contributed by atoms with van der Waals surface area (Å²) < 4.78 is 0. The molecule has 3 amide bonds. The van der Waals surface area contributed by atoms with Crippen LogP contribution in [0.2, 0.25) is 19.6 Å². The number of hydrogen-bond donors (Lipinski definition) is 1. The molecule has 0 bridgehead atoms. The summed E-state index contributed by atoms with van der Waals surface area (Å²) in [6.45, 7) is 6.47. The molecule has 1 heterocycles. The van der Waals surface area contributed by atoms with E-state index in [2.05, 4.69) is 25.0 Å². The van der Waals surface area contributed by atoms with Gasteiger partial charge in [-0.15, -0.1) is 0 Å². The summed E-state index contributed by atoms with van der Waals surface area (Å²) in [6.07, 6.45) is 3.35. The normalized spacial score (nSPS) is 21.5. The Morgan fingerprint density at radius 2 is 2.00 bits per heavy atom. The molecular weight excluding hydrogens is 240 g/mol. The second kappa shape index (κ2) is 5.22. The van der Waals surface area contributed by atoms with E-state index in [0.717, 1.165) is 12.2 Å². The number of amides is 3. The predicted molar refractivity (Wildman–Crippen MR) is 70.4 cm³/mol. The molecule has 1 aliphatic heterocycles. The fourth-order valence-electron chi connectivity index (χ4n) is 1.63. The third-order valence-corrected chi connectivity index (χ3v) is 4.26. The molecule has 1 fully saturated rings. The predicted octanol–water partition coefficient (Wildman–Crippen LogP) is 1.54. The van der Waals surface area contributed by atoms with E-state index in [1.807, 2.05) is 6.26 Å². The molecule has 1 saturated heterocycles. The topological polar surface area (TPSA) is 49.4 Å². The van der Waals surface area contributed by atoms with Gasteiger partial charge in [0.15, 0.2) is 0 Å². The number of carbonyl (C=O) groups is 2. The van der Waals surface area contributed by atoms with Crippen molar-refractivity contribution in [3.8, 4) is 0 Å². The highest BCUT2D eigenvalue weighted by Crippen LogP contribution is 2.14.